The van der Waals surface area contributed by atoms with E-state index in [2.05, 4.69) is 31.5 Å². The molecule has 2 atom stereocenters. The van der Waals surface area contributed by atoms with Gasteiger partial charge in [-0.15, -0.1) is 0 Å². The third kappa shape index (κ3) is 2.81. The Hall–Kier alpha value is -1.81. The molecule has 1 aromatic heterocycles. The van der Waals surface area contributed by atoms with E-state index < -0.39 is 0 Å². The van der Waals surface area contributed by atoms with E-state index >= 15 is 0 Å². The number of ether oxygens (including phenoxy) is 1. The van der Waals surface area contributed by atoms with Crippen molar-refractivity contribution in [2.24, 2.45) is 5.73 Å². The Kier molecular flexibility index (Phi) is 4.68. The second kappa shape index (κ2) is 6.31. The minimum atomic E-state index is -0.0152. The lowest BCUT2D eigenvalue weighted by Crippen LogP contribution is -2.34. The smallest absolute Gasteiger partial charge is 0.124 e. The molecule has 0 bridgehead atoms. The van der Waals surface area contributed by atoms with E-state index in [4.69, 9.17) is 15.6 Å². The summed E-state index contributed by atoms with van der Waals surface area (Å²) in [6.07, 6.45) is 0.875. The first-order valence-corrected chi connectivity index (χ1v) is 7.42. The van der Waals surface area contributed by atoms with Gasteiger partial charge in [0, 0.05) is 17.3 Å². The fourth-order valence-corrected chi connectivity index (χ4v) is 2.69. The molecule has 0 saturated heterocycles. The summed E-state index contributed by atoms with van der Waals surface area (Å²) in [5.74, 6) is 0.858. The summed E-state index contributed by atoms with van der Waals surface area (Å²) in [5.41, 5.74) is 10.9. The average molecular weight is 287 g/mol. The molecule has 21 heavy (non-hydrogen) atoms. The molecule has 0 amide bonds. The Morgan fingerprint density at radius 1 is 1.24 bits per heavy atom. The summed E-state index contributed by atoms with van der Waals surface area (Å²) < 4.78 is 7.57. The fourth-order valence-electron chi connectivity index (χ4n) is 2.69. The maximum absolute atomic E-state index is 6.42. The lowest BCUT2D eigenvalue weighted by atomic mass is 9.97. The van der Waals surface area contributed by atoms with Crippen molar-refractivity contribution in [3.05, 3.63) is 46.8 Å². The molecular weight excluding hydrogens is 262 g/mol. The van der Waals surface area contributed by atoms with Crippen LogP contribution in [-0.2, 0) is 0 Å². The van der Waals surface area contributed by atoms with Crippen molar-refractivity contribution in [1.82, 2.24) is 9.78 Å². The first-order valence-electron chi connectivity index (χ1n) is 7.42. The number of hydrogen-bond donors (Lipinski definition) is 1. The highest BCUT2D eigenvalue weighted by Crippen LogP contribution is 2.32. The molecule has 0 radical (unpaired) electrons. The summed E-state index contributed by atoms with van der Waals surface area (Å²) in [5, 5.41) is 4.71. The number of rotatable bonds is 5. The first kappa shape index (κ1) is 15.6. The zero-order chi connectivity index (χ0) is 15.6. The highest BCUT2D eigenvalue weighted by Gasteiger charge is 2.26. The van der Waals surface area contributed by atoms with Crippen LogP contribution < -0.4 is 10.5 Å². The normalized spacial score (nSPS) is 14.0. The molecule has 0 aliphatic carbocycles. The van der Waals surface area contributed by atoms with Gasteiger partial charge in [-0.05, 0) is 38.8 Å². The number of nitrogens with two attached hydrogens (primary N) is 1. The molecule has 114 valence electrons. The summed E-state index contributed by atoms with van der Waals surface area (Å²) >= 11 is 0. The number of benzene rings is 1. The average Bonchev–Trinajstić information content (AvgIpc) is 2.75. The van der Waals surface area contributed by atoms with E-state index in [-0.39, 0.29) is 12.1 Å². The number of aromatic nitrogens is 2. The Morgan fingerprint density at radius 2 is 1.90 bits per heavy atom. The lowest BCUT2D eigenvalue weighted by molar-refractivity contribution is 0.372. The van der Waals surface area contributed by atoms with Gasteiger partial charge in [0.2, 0.25) is 0 Å². The SMILES string of the molecule is CCC(N)C(c1ccccc1OC)n1nc(C)c(C)c1C. The molecule has 2 aromatic rings. The number of para-hydroxylation sites is 1. The number of nitrogens with zero attached hydrogens (tertiary/aromatic N) is 2. The van der Waals surface area contributed by atoms with Crippen molar-refractivity contribution in [2.45, 2.75) is 46.2 Å². The van der Waals surface area contributed by atoms with Crippen LogP contribution in [0, 0.1) is 20.8 Å². The molecule has 0 fully saturated rings. The van der Waals surface area contributed by atoms with E-state index in [1.807, 2.05) is 25.1 Å². The molecule has 4 nitrogen and oxygen atoms in total. The number of aryl methyl sites for hydroxylation is 1. The third-order valence-electron chi connectivity index (χ3n) is 4.28. The predicted molar refractivity (Wildman–Crippen MR) is 85.8 cm³/mol. The van der Waals surface area contributed by atoms with E-state index in [9.17, 15) is 0 Å². The Bertz CT molecular complexity index is 618. The monoisotopic (exact) mass is 287 g/mol. The van der Waals surface area contributed by atoms with Crippen LogP contribution in [0.5, 0.6) is 5.75 Å². The van der Waals surface area contributed by atoms with Crippen LogP contribution in [0.25, 0.3) is 0 Å². The van der Waals surface area contributed by atoms with Gasteiger partial charge in [-0.3, -0.25) is 4.68 Å². The van der Waals surface area contributed by atoms with Gasteiger partial charge in [0.1, 0.15) is 5.75 Å². The van der Waals surface area contributed by atoms with Crippen molar-refractivity contribution >= 4 is 0 Å². The second-order valence-corrected chi connectivity index (χ2v) is 5.50. The summed E-state index contributed by atoms with van der Waals surface area (Å²) in [4.78, 5) is 0. The minimum Gasteiger partial charge on any atom is -0.496 e. The summed E-state index contributed by atoms with van der Waals surface area (Å²) in [6, 6.07) is 8.01. The van der Waals surface area contributed by atoms with Crippen molar-refractivity contribution in [1.29, 1.82) is 0 Å². The van der Waals surface area contributed by atoms with E-state index in [0.29, 0.717) is 0 Å². The van der Waals surface area contributed by atoms with Crippen molar-refractivity contribution < 1.29 is 4.74 Å². The van der Waals surface area contributed by atoms with Crippen LogP contribution in [0.1, 0.15) is 41.9 Å². The molecule has 0 saturated carbocycles. The van der Waals surface area contributed by atoms with Gasteiger partial charge in [-0.25, -0.2) is 0 Å². The van der Waals surface area contributed by atoms with Crippen molar-refractivity contribution in [2.75, 3.05) is 7.11 Å². The van der Waals surface area contributed by atoms with E-state index in [0.717, 1.165) is 29.1 Å². The first-order chi connectivity index (χ1) is 10.0. The van der Waals surface area contributed by atoms with Gasteiger partial charge < -0.3 is 10.5 Å². The molecule has 2 unspecified atom stereocenters. The predicted octanol–water partition coefficient (Wildman–Crippen LogP) is 3.14. The fraction of sp³-hybridized carbons (Fsp3) is 0.471. The maximum atomic E-state index is 6.42. The molecule has 4 heteroatoms. The van der Waals surface area contributed by atoms with Crippen LogP contribution >= 0.6 is 0 Å². The molecule has 0 aliphatic rings. The molecule has 2 N–H and O–H groups in total. The maximum Gasteiger partial charge on any atom is 0.124 e. The van der Waals surface area contributed by atoms with Gasteiger partial charge in [-0.1, -0.05) is 25.1 Å². The molecule has 2 rings (SSSR count). The quantitative estimate of drug-likeness (QED) is 0.919. The summed E-state index contributed by atoms with van der Waals surface area (Å²) in [6.45, 7) is 8.34. The number of hydrogen-bond acceptors (Lipinski definition) is 3. The molecule has 1 heterocycles. The zero-order valence-corrected chi connectivity index (χ0v) is 13.6. The van der Waals surface area contributed by atoms with E-state index in [1.54, 1.807) is 7.11 Å². The van der Waals surface area contributed by atoms with Crippen molar-refractivity contribution in [3.63, 3.8) is 0 Å². The second-order valence-electron chi connectivity index (χ2n) is 5.50. The molecule has 0 aliphatic heterocycles. The lowest BCUT2D eigenvalue weighted by Gasteiger charge is -2.26. The van der Waals surface area contributed by atoms with E-state index in [1.165, 1.54) is 5.56 Å². The van der Waals surface area contributed by atoms with Gasteiger partial charge in [0.05, 0.1) is 18.8 Å². The van der Waals surface area contributed by atoms with Crippen molar-refractivity contribution in [3.8, 4) is 5.75 Å². The van der Waals surface area contributed by atoms with Crippen LogP contribution in [-0.4, -0.2) is 22.9 Å². The van der Waals surface area contributed by atoms with Crippen LogP contribution in [0.15, 0.2) is 24.3 Å². The minimum absolute atomic E-state index is 0.0151. The van der Waals surface area contributed by atoms with Crippen LogP contribution in [0.4, 0.5) is 0 Å². The van der Waals surface area contributed by atoms with Gasteiger partial charge in [0.25, 0.3) is 0 Å². The Labute approximate surface area is 126 Å². The van der Waals surface area contributed by atoms with Gasteiger partial charge in [-0.2, -0.15) is 5.10 Å². The largest absolute Gasteiger partial charge is 0.496 e. The molecule has 1 aromatic carbocycles. The Morgan fingerprint density at radius 3 is 2.43 bits per heavy atom. The Balaban J connectivity index is 2.61. The molecule has 0 spiro atoms. The standard InChI is InChI=1S/C17H25N3O/c1-6-15(18)17(14-9-7-8-10-16(14)21-5)20-13(4)11(2)12(3)19-20/h7-10,15,17H,6,18H2,1-5H3. The van der Waals surface area contributed by atoms with Crippen LogP contribution in [0.2, 0.25) is 0 Å². The summed E-state index contributed by atoms with van der Waals surface area (Å²) in [7, 11) is 1.69. The topological polar surface area (TPSA) is 53.1 Å². The number of methoxy groups -OCH3 is 1. The molecular formula is C17H25N3O. The van der Waals surface area contributed by atoms with Crippen LogP contribution in [0.3, 0.4) is 0 Å². The third-order valence-corrected chi connectivity index (χ3v) is 4.28. The van der Waals surface area contributed by atoms with Gasteiger partial charge in [0.15, 0.2) is 0 Å². The highest BCUT2D eigenvalue weighted by molar-refractivity contribution is 5.38. The van der Waals surface area contributed by atoms with Gasteiger partial charge >= 0.3 is 0 Å². The highest BCUT2D eigenvalue weighted by atomic mass is 16.5. The zero-order valence-electron chi connectivity index (χ0n) is 13.6.